The van der Waals surface area contributed by atoms with Crippen LogP contribution < -0.4 is 0 Å². The van der Waals surface area contributed by atoms with E-state index < -0.39 is 0 Å². The van der Waals surface area contributed by atoms with Crippen LogP contribution in [0.2, 0.25) is 0 Å². The zero-order valence-corrected chi connectivity index (χ0v) is 12.4. The molecule has 1 rings (SSSR count). The van der Waals surface area contributed by atoms with E-state index in [0.29, 0.717) is 10.4 Å². The topological polar surface area (TPSA) is 3.24 Å². The van der Waals surface area contributed by atoms with Crippen molar-refractivity contribution in [2.75, 3.05) is 19.0 Å². The molecule has 0 atom stereocenters. The van der Waals surface area contributed by atoms with Gasteiger partial charge < -0.3 is 0 Å². The van der Waals surface area contributed by atoms with Gasteiger partial charge in [0.05, 0.1) is 4.47 Å². The lowest BCUT2D eigenvalue weighted by Crippen LogP contribution is -2.26. The summed E-state index contributed by atoms with van der Waals surface area (Å²) < 4.78 is 13.9. The predicted octanol–water partition coefficient (Wildman–Crippen LogP) is 4.43. The van der Waals surface area contributed by atoms with Crippen molar-refractivity contribution in [2.24, 2.45) is 0 Å². The summed E-state index contributed by atoms with van der Waals surface area (Å²) in [7, 11) is 0. The maximum Gasteiger partial charge on any atom is 0.137 e. The van der Waals surface area contributed by atoms with E-state index in [1.54, 1.807) is 6.07 Å². The van der Waals surface area contributed by atoms with E-state index in [9.17, 15) is 4.39 Å². The van der Waals surface area contributed by atoms with Crippen molar-refractivity contribution in [2.45, 2.75) is 26.3 Å². The van der Waals surface area contributed by atoms with Gasteiger partial charge in [-0.3, -0.25) is 4.90 Å². The first-order chi connectivity index (χ1) is 8.19. The first-order valence-electron chi connectivity index (χ1n) is 5.90. The molecule has 0 saturated carbocycles. The van der Waals surface area contributed by atoms with Crippen LogP contribution in [0.4, 0.5) is 4.39 Å². The molecule has 0 aliphatic rings. The maximum absolute atomic E-state index is 13.4. The molecule has 0 N–H and O–H groups in total. The highest BCUT2D eigenvalue weighted by atomic mass is 79.9. The van der Waals surface area contributed by atoms with Crippen molar-refractivity contribution in [3.05, 3.63) is 34.1 Å². The maximum atomic E-state index is 13.4. The molecule has 0 fully saturated rings. The average molecular weight is 323 g/mol. The van der Waals surface area contributed by atoms with Gasteiger partial charge in [0.1, 0.15) is 5.82 Å². The van der Waals surface area contributed by atoms with Crippen LogP contribution in [-0.2, 0) is 6.54 Å². The molecular weight excluding hydrogens is 305 g/mol. The van der Waals surface area contributed by atoms with E-state index in [2.05, 4.69) is 27.8 Å². The molecule has 0 bridgehead atoms. The van der Waals surface area contributed by atoms with E-state index >= 15 is 0 Å². The fourth-order valence-electron chi connectivity index (χ4n) is 1.68. The monoisotopic (exact) mass is 321 g/mol. The summed E-state index contributed by atoms with van der Waals surface area (Å²) in [4.78, 5) is 2.26. The second-order valence-electron chi connectivity index (χ2n) is 4.03. The summed E-state index contributed by atoms with van der Waals surface area (Å²) in [6.45, 7) is 4.75. The highest BCUT2D eigenvalue weighted by Gasteiger charge is 2.09. The van der Waals surface area contributed by atoms with Gasteiger partial charge in [0.15, 0.2) is 0 Å². The number of halogens is 3. The molecule has 0 radical (unpaired) electrons. The van der Waals surface area contributed by atoms with E-state index in [1.807, 2.05) is 6.07 Å². The lowest BCUT2D eigenvalue weighted by molar-refractivity contribution is 0.276. The fraction of sp³-hybridized carbons (Fsp3) is 0.538. The van der Waals surface area contributed by atoms with Crippen LogP contribution in [0, 0.1) is 5.82 Å². The quantitative estimate of drug-likeness (QED) is 0.671. The predicted molar refractivity (Wildman–Crippen MR) is 75.0 cm³/mol. The largest absolute Gasteiger partial charge is 0.298 e. The van der Waals surface area contributed by atoms with Crippen LogP contribution in [0.25, 0.3) is 0 Å². The Bertz CT molecular complexity index is 346. The zero-order chi connectivity index (χ0) is 12.7. The smallest absolute Gasteiger partial charge is 0.137 e. The highest BCUT2D eigenvalue weighted by Crippen LogP contribution is 2.21. The van der Waals surface area contributed by atoms with Gasteiger partial charge in [-0.1, -0.05) is 25.5 Å². The van der Waals surface area contributed by atoms with E-state index in [-0.39, 0.29) is 5.82 Å². The number of nitrogens with zero attached hydrogens (tertiary/aromatic N) is 1. The summed E-state index contributed by atoms with van der Waals surface area (Å²) in [6, 6.07) is 5.15. The third kappa shape index (κ3) is 4.94. The van der Waals surface area contributed by atoms with Crippen LogP contribution in [-0.4, -0.2) is 23.9 Å². The van der Waals surface area contributed by atoms with Gasteiger partial charge >= 0.3 is 0 Å². The third-order valence-corrected chi connectivity index (χ3v) is 3.71. The molecule has 1 aromatic carbocycles. The first kappa shape index (κ1) is 14.9. The first-order valence-corrected chi connectivity index (χ1v) is 7.23. The van der Waals surface area contributed by atoms with Crippen LogP contribution >= 0.6 is 27.5 Å². The van der Waals surface area contributed by atoms with Gasteiger partial charge in [0.25, 0.3) is 0 Å². The van der Waals surface area contributed by atoms with Gasteiger partial charge in [-0.25, -0.2) is 4.39 Å². The Labute approximate surface area is 116 Å². The van der Waals surface area contributed by atoms with Crippen molar-refractivity contribution in [3.63, 3.8) is 0 Å². The molecule has 0 spiro atoms. The zero-order valence-electron chi connectivity index (χ0n) is 10.1. The SMILES string of the molecule is CCCCN(CCCl)Cc1cccc(F)c1Br. The summed E-state index contributed by atoms with van der Waals surface area (Å²) in [5.74, 6) is 0.403. The number of unbranched alkanes of at least 4 members (excludes halogenated alkanes) is 1. The van der Waals surface area contributed by atoms with Gasteiger partial charge in [-0.05, 0) is 40.5 Å². The molecule has 0 heterocycles. The standard InChI is InChI=1S/C13H18BrClFN/c1-2-3-8-17(9-7-15)10-11-5-4-6-12(16)13(11)14/h4-6H,2-3,7-10H2,1H3. The number of hydrogen-bond acceptors (Lipinski definition) is 1. The van der Waals surface area contributed by atoms with Crippen molar-refractivity contribution < 1.29 is 4.39 Å². The van der Waals surface area contributed by atoms with Crippen LogP contribution in [0.3, 0.4) is 0 Å². The summed E-state index contributed by atoms with van der Waals surface area (Å²) in [5, 5.41) is 0. The van der Waals surface area contributed by atoms with E-state index in [1.165, 1.54) is 6.07 Å². The van der Waals surface area contributed by atoms with Crippen molar-refractivity contribution in [1.82, 2.24) is 4.90 Å². The molecule has 4 heteroatoms. The average Bonchev–Trinajstić information content (AvgIpc) is 2.32. The summed E-state index contributed by atoms with van der Waals surface area (Å²) in [6.07, 6.45) is 2.30. The molecule has 0 aromatic heterocycles. The molecule has 17 heavy (non-hydrogen) atoms. The van der Waals surface area contributed by atoms with Gasteiger partial charge in [-0.15, -0.1) is 11.6 Å². The molecule has 0 saturated heterocycles. The Morgan fingerprint density at radius 1 is 1.35 bits per heavy atom. The van der Waals surface area contributed by atoms with E-state index in [0.717, 1.165) is 38.0 Å². The molecule has 96 valence electrons. The summed E-state index contributed by atoms with van der Waals surface area (Å²) in [5.41, 5.74) is 0.978. The Morgan fingerprint density at radius 3 is 2.76 bits per heavy atom. The van der Waals surface area contributed by atoms with Crippen LogP contribution in [0.1, 0.15) is 25.3 Å². The number of alkyl halides is 1. The normalized spacial score (nSPS) is 11.1. The highest BCUT2D eigenvalue weighted by molar-refractivity contribution is 9.10. The lowest BCUT2D eigenvalue weighted by Gasteiger charge is -2.21. The molecule has 0 aliphatic carbocycles. The van der Waals surface area contributed by atoms with Crippen LogP contribution in [0.5, 0.6) is 0 Å². The lowest BCUT2D eigenvalue weighted by atomic mass is 10.2. The van der Waals surface area contributed by atoms with E-state index in [4.69, 9.17) is 11.6 Å². The molecule has 1 aromatic rings. The van der Waals surface area contributed by atoms with Gasteiger partial charge in [0, 0.05) is 19.0 Å². The molecule has 1 nitrogen and oxygen atoms in total. The minimum Gasteiger partial charge on any atom is -0.298 e. The van der Waals surface area contributed by atoms with Crippen molar-refractivity contribution in [1.29, 1.82) is 0 Å². The second-order valence-corrected chi connectivity index (χ2v) is 5.20. The molecular formula is C13H18BrClFN. The Hall–Kier alpha value is -0.120. The fourth-order valence-corrected chi connectivity index (χ4v) is 2.31. The Morgan fingerprint density at radius 2 is 2.12 bits per heavy atom. The molecule has 0 unspecified atom stereocenters. The third-order valence-electron chi connectivity index (χ3n) is 2.65. The van der Waals surface area contributed by atoms with Gasteiger partial charge in [-0.2, -0.15) is 0 Å². The minimum absolute atomic E-state index is 0.205. The van der Waals surface area contributed by atoms with Gasteiger partial charge in [0.2, 0.25) is 0 Å². The Kier molecular flexibility index (Phi) is 7.09. The minimum atomic E-state index is -0.205. The number of hydrogen-bond donors (Lipinski definition) is 0. The van der Waals surface area contributed by atoms with Crippen LogP contribution in [0.15, 0.2) is 22.7 Å². The second kappa shape index (κ2) is 8.06. The molecule has 0 aliphatic heterocycles. The Balaban J connectivity index is 2.67. The molecule has 0 amide bonds. The number of benzene rings is 1. The van der Waals surface area contributed by atoms with Crippen molar-refractivity contribution in [3.8, 4) is 0 Å². The van der Waals surface area contributed by atoms with Crippen molar-refractivity contribution >= 4 is 27.5 Å². The number of rotatable bonds is 7. The summed E-state index contributed by atoms with van der Waals surface area (Å²) >= 11 is 9.08.